The molecule has 0 bridgehead atoms. The first-order chi connectivity index (χ1) is 12.1. The van der Waals surface area contributed by atoms with E-state index in [1.165, 1.54) is 17.7 Å². The van der Waals surface area contributed by atoms with E-state index in [9.17, 15) is 0 Å². The normalized spacial score (nSPS) is 13.9. The minimum atomic E-state index is 0.600. The SMILES string of the molecule is CSc1cccc(Nc2cc(C3CC3)nc(NCCCN(C)C)n2)c1. The number of hydrogen-bond acceptors (Lipinski definition) is 6. The van der Waals surface area contributed by atoms with Gasteiger partial charge in [-0.05, 0) is 64.4 Å². The summed E-state index contributed by atoms with van der Waals surface area (Å²) in [6, 6.07) is 10.5. The number of benzene rings is 1. The predicted molar refractivity (Wildman–Crippen MR) is 107 cm³/mol. The largest absolute Gasteiger partial charge is 0.354 e. The van der Waals surface area contributed by atoms with Crippen molar-refractivity contribution in [3.8, 4) is 0 Å². The molecule has 2 N–H and O–H groups in total. The molecule has 1 aromatic carbocycles. The highest BCUT2D eigenvalue weighted by molar-refractivity contribution is 7.98. The smallest absolute Gasteiger partial charge is 0.224 e. The first-order valence-corrected chi connectivity index (χ1v) is 10.0. The van der Waals surface area contributed by atoms with Crippen LogP contribution in [0.4, 0.5) is 17.5 Å². The van der Waals surface area contributed by atoms with Gasteiger partial charge in [0.05, 0.1) is 5.69 Å². The Balaban J connectivity index is 1.71. The van der Waals surface area contributed by atoms with E-state index in [2.05, 4.69) is 71.2 Å². The van der Waals surface area contributed by atoms with Gasteiger partial charge >= 0.3 is 0 Å². The van der Waals surface area contributed by atoms with Crippen molar-refractivity contribution in [2.24, 2.45) is 0 Å². The summed E-state index contributed by atoms with van der Waals surface area (Å²) in [5, 5.41) is 6.82. The van der Waals surface area contributed by atoms with Gasteiger partial charge in [0.25, 0.3) is 0 Å². The second kappa shape index (κ2) is 8.54. The molecule has 3 rings (SSSR count). The second-order valence-electron chi connectivity index (χ2n) is 6.72. The number of thioether (sulfide) groups is 1. The fourth-order valence-electron chi connectivity index (χ4n) is 2.64. The Kier molecular flexibility index (Phi) is 6.15. The van der Waals surface area contributed by atoms with Crippen LogP contribution in [-0.2, 0) is 0 Å². The molecule has 0 spiro atoms. The van der Waals surface area contributed by atoms with E-state index in [-0.39, 0.29) is 0 Å². The van der Waals surface area contributed by atoms with Gasteiger partial charge in [-0.15, -0.1) is 11.8 Å². The van der Waals surface area contributed by atoms with Crippen LogP contribution in [0.2, 0.25) is 0 Å². The van der Waals surface area contributed by atoms with Crippen molar-refractivity contribution in [2.75, 3.05) is 44.1 Å². The average Bonchev–Trinajstić information content (AvgIpc) is 3.44. The average molecular weight is 358 g/mol. The number of rotatable bonds is 9. The number of nitrogens with zero attached hydrogens (tertiary/aromatic N) is 3. The lowest BCUT2D eigenvalue weighted by atomic mass is 10.2. The maximum absolute atomic E-state index is 4.71. The summed E-state index contributed by atoms with van der Waals surface area (Å²) in [4.78, 5) is 12.8. The van der Waals surface area contributed by atoms with Gasteiger partial charge in [0.2, 0.25) is 5.95 Å². The Morgan fingerprint density at radius 1 is 1.20 bits per heavy atom. The third-order valence-electron chi connectivity index (χ3n) is 4.15. The predicted octanol–water partition coefficient (Wildman–Crippen LogP) is 4.18. The summed E-state index contributed by atoms with van der Waals surface area (Å²) >= 11 is 1.74. The monoisotopic (exact) mass is 357 g/mol. The van der Waals surface area contributed by atoms with Crippen molar-refractivity contribution in [2.45, 2.75) is 30.1 Å². The molecular weight excluding hydrogens is 330 g/mol. The van der Waals surface area contributed by atoms with Crippen molar-refractivity contribution < 1.29 is 0 Å². The van der Waals surface area contributed by atoms with Crippen LogP contribution >= 0.6 is 11.8 Å². The molecule has 1 saturated carbocycles. The Morgan fingerprint density at radius 2 is 2.04 bits per heavy atom. The Bertz CT molecular complexity index is 700. The molecule has 0 amide bonds. The highest BCUT2D eigenvalue weighted by Gasteiger charge is 2.26. The van der Waals surface area contributed by atoms with E-state index in [1.54, 1.807) is 11.8 Å². The van der Waals surface area contributed by atoms with E-state index in [0.29, 0.717) is 5.92 Å². The molecule has 1 aliphatic rings. The molecule has 2 aromatic rings. The molecule has 25 heavy (non-hydrogen) atoms. The molecule has 0 unspecified atom stereocenters. The van der Waals surface area contributed by atoms with Crippen LogP contribution < -0.4 is 10.6 Å². The highest BCUT2D eigenvalue weighted by atomic mass is 32.2. The third-order valence-corrected chi connectivity index (χ3v) is 4.87. The van der Waals surface area contributed by atoms with Crippen molar-refractivity contribution in [1.82, 2.24) is 14.9 Å². The summed E-state index contributed by atoms with van der Waals surface area (Å²) in [7, 11) is 4.18. The van der Waals surface area contributed by atoms with Crippen LogP contribution in [-0.4, -0.2) is 48.3 Å². The van der Waals surface area contributed by atoms with Crippen LogP contribution in [0.15, 0.2) is 35.2 Å². The molecule has 0 aliphatic heterocycles. The maximum Gasteiger partial charge on any atom is 0.224 e. The fraction of sp³-hybridized carbons (Fsp3) is 0.474. The van der Waals surface area contributed by atoms with Crippen LogP contribution in [0.5, 0.6) is 0 Å². The summed E-state index contributed by atoms with van der Waals surface area (Å²) in [5.74, 6) is 2.19. The summed E-state index contributed by atoms with van der Waals surface area (Å²) in [6.07, 6.45) is 5.63. The molecule has 1 heterocycles. The van der Waals surface area contributed by atoms with Gasteiger partial charge < -0.3 is 15.5 Å². The quantitative estimate of drug-likeness (QED) is 0.519. The lowest BCUT2D eigenvalue weighted by Gasteiger charge is -2.13. The van der Waals surface area contributed by atoms with Crippen LogP contribution in [0.1, 0.15) is 30.9 Å². The van der Waals surface area contributed by atoms with Crippen molar-refractivity contribution in [1.29, 1.82) is 0 Å². The molecule has 1 aromatic heterocycles. The van der Waals surface area contributed by atoms with Gasteiger partial charge in [0, 0.05) is 29.1 Å². The molecule has 1 aliphatic carbocycles. The van der Waals surface area contributed by atoms with Crippen LogP contribution in [0.3, 0.4) is 0 Å². The van der Waals surface area contributed by atoms with E-state index < -0.39 is 0 Å². The van der Waals surface area contributed by atoms with Gasteiger partial charge in [-0.25, -0.2) is 4.98 Å². The number of aromatic nitrogens is 2. The lowest BCUT2D eigenvalue weighted by molar-refractivity contribution is 0.405. The summed E-state index contributed by atoms with van der Waals surface area (Å²) in [6.45, 7) is 1.94. The maximum atomic E-state index is 4.71. The van der Waals surface area contributed by atoms with E-state index in [0.717, 1.165) is 42.7 Å². The van der Waals surface area contributed by atoms with Gasteiger partial charge in [-0.3, -0.25) is 0 Å². The van der Waals surface area contributed by atoms with Crippen LogP contribution in [0.25, 0.3) is 0 Å². The molecule has 6 heteroatoms. The zero-order valence-corrected chi connectivity index (χ0v) is 16.1. The zero-order valence-electron chi connectivity index (χ0n) is 15.2. The first kappa shape index (κ1) is 18.0. The topological polar surface area (TPSA) is 53.1 Å². The summed E-state index contributed by atoms with van der Waals surface area (Å²) in [5.41, 5.74) is 2.21. The molecule has 5 nitrogen and oxygen atoms in total. The number of hydrogen-bond donors (Lipinski definition) is 2. The minimum absolute atomic E-state index is 0.600. The Hall–Kier alpha value is -1.79. The second-order valence-corrected chi connectivity index (χ2v) is 7.60. The van der Waals surface area contributed by atoms with Crippen molar-refractivity contribution in [3.63, 3.8) is 0 Å². The Morgan fingerprint density at radius 3 is 2.76 bits per heavy atom. The van der Waals surface area contributed by atoms with Gasteiger partial charge in [-0.2, -0.15) is 4.98 Å². The summed E-state index contributed by atoms with van der Waals surface area (Å²) < 4.78 is 0. The van der Waals surface area contributed by atoms with Gasteiger partial charge in [-0.1, -0.05) is 6.07 Å². The standard InChI is InChI=1S/C19H27N5S/c1-24(2)11-5-10-20-19-22-17(14-8-9-14)13-18(23-19)21-15-6-4-7-16(12-15)25-3/h4,6-7,12-14H,5,8-11H2,1-3H3,(H2,20,21,22,23). The molecule has 1 fully saturated rings. The van der Waals surface area contributed by atoms with E-state index in [4.69, 9.17) is 4.98 Å². The minimum Gasteiger partial charge on any atom is -0.354 e. The molecule has 134 valence electrons. The van der Waals surface area contributed by atoms with E-state index >= 15 is 0 Å². The van der Waals surface area contributed by atoms with Gasteiger partial charge in [0.15, 0.2) is 0 Å². The molecule has 0 saturated heterocycles. The lowest BCUT2D eigenvalue weighted by Crippen LogP contribution is -2.17. The molecular formula is C19H27N5S. The third kappa shape index (κ3) is 5.61. The van der Waals surface area contributed by atoms with E-state index in [1.807, 2.05) is 0 Å². The fourth-order valence-corrected chi connectivity index (χ4v) is 3.10. The number of nitrogens with one attached hydrogen (secondary N) is 2. The molecule has 0 radical (unpaired) electrons. The Labute approximate surface area is 154 Å². The van der Waals surface area contributed by atoms with Crippen molar-refractivity contribution >= 4 is 29.2 Å². The zero-order chi connectivity index (χ0) is 17.6. The van der Waals surface area contributed by atoms with Gasteiger partial charge in [0.1, 0.15) is 5.82 Å². The number of anilines is 3. The van der Waals surface area contributed by atoms with Crippen LogP contribution in [0, 0.1) is 0 Å². The van der Waals surface area contributed by atoms with Crippen molar-refractivity contribution in [3.05, 3.63) is 36.0 Å². The molecule has 0 atom stereocenters. The highest BCUT2D eigenvalue weighted by Crippen LogP contribution is 2.40. The first-order valence-electron chi connectivity index (χ1n) is 8.82.